The fourth-order valence-electron chi connectivity index (χ4n) is 3.75. The van der Waals surface area contributed by atoms with Crippen LogP contribution in [0.2, 0.25) is 0 Å². The van der Waals surface area contributed by atoms with E-state index in [-0.39, 0.29) is 35.5 Å². The van der Waals surface area contributed by atoms with Crippen LogP contribution in [0.5, 0.6) is 0 Å². The third-order valence-corrected chi connectivity index (χ3v) is 6.88. The van der Waals surface area contributed by atoms with E-state index in [1.54, 1.807) is 25.1 Å². The molecule has 0 aliphatic carbocycles. The van der Waals surface area contributed by atoms with Gasteiger partial charge in [0.15, 0.2) is 9.84 Å². The van der Waals surface area contributed by atoms with Crippen molar-refractivity contribution in [2.24, 2.45) is 5.73 Å². The van der Waals surface area contributed by atoms with Gasteiger partial charge in [0.25, 0.3) is 0 Å². The molecule has 0 saturated heterocycles. The van der Waals surface area contributed by atoms with E-state index in [0.29, 0.717) is 0 Å². The van der Waals surface area contributed by atoms with Crippen molar-refractivity contribution in [3.05, 3.63) is 59.7 Å². The largest absolute Gasteiger partial charge is 0.336 e. The molecule has 0 aliphatic rings. The smallest absolute Gasteiger partial charge is 0.178 e. The topological polar surface area (TPSA) is 78.0 Å². The van der Waals surface area contributed by atoms with E-state index in [1.807, 2.05) is 43.5 Å². The maximum absolute atomic E-state index is 14.5. The van der Waals surface area contributed by atoms with Gasteiger partial charge in [-0.25, -0.2) is 12.8 Å². The van der Waals surface area contributed by atoms with Crippen molar-refractivity contribution < 1.29 is 12.8 Å². The summed E-state index contributed by atoms with van der Waals surface area (Å²) in [6, 6.07) is 10.8. The van der Waals surface area contributed by atoms with Gasteiger partial charge in [-0.2, -0.15) is 0 Å². The van der Waals surface area contributed by atoms with Crippen LogP contribution in [0, 0.1) is 6.92 Å². The molecule has 0 bridgehead atoms. The minimum atomic E-state index is -3.35. The number of hydrogen-bond donors (Lipinski definition) is 1. The zero-order chi connectivity index (χ0) is 22.1. The van der Waals surface area contributed by atoms with Gasteiger partial charge in [-0.3, -0.25) is 4.98 Å². The first-order chi connectivity index (χ1) is 14.2. The van der Waals surface area contributed by atoms with Crippen molar-refractivity contribution in [3.8, 4) is 11.1 Å². The minimum Gasteiger partial charge on any atom is -0.336 e. The molecule has 2 heterocycles. The Bertz CT molecular complexity index is 1210. The number of halogens is 1. The number of fused-ring (bicyclic) bond motifs is 1. The number of sulfone groups is 1. The van der Waals surface area contributed by atoms with Gasteiger partial charge in [0.1, 0.15) is 5.83 Å². The summed E-state index contributed by atoms with van der Waals surface area (Å²) in [7, 11) is -3.35. The number of nitrogens with two attached hydrogens (primary N) is 1. The summed E-state index contributed by atoms with van der Waals surface area (Å²) in [6.07, 6.45) is 1.37. The molecule has 0 spiro atoms. The molecular formula is C23H28FN3O2S. The molecule has 0 aliphatic heterocycles. The second-order valence-electron chi connectivity index (χ2n) is 7.64. The monoisotopic (exact) mass is 429 g/mol. The van der Waals surface area contributed by atoms with Crippen molar-refractivity contribution in [1.82, 2.24) is 9.55 Å². The van der Waals surface area contributed by atoms with E-state index >= 15 is 0 Å². The van der Waals surface area contributed by atoms with E-state index < -0.39 is 9.84 Å². The number of benzene rings is 1. The second kappa shape index (κ2) is 8.70. The van der Waals surface area contributed by atoms with Gasteiger partial charge in [-0.05, 0) is 48.7 Å². The average Bonchev–Trinajstić information content (AvgIpc) is 3.01. The Hall–Kier alpha value is -2.51. The molecule has 3 aromatic rings. The van der Waals surface area contributed by atoms with Gasteiger partial charge in [0.2, 0.25) is 0 Å². The lowest BCUT2D eigenvalue weighted by molar-refractivity contribution is 0.546. The van der Waals surface area contributed by atoms with Gasteiger partial charge < -0.3 is 10.3 Å². The van der Waals surface area contributed by atoms with Crippen molar-refractivity contribution in [1.29, 1.82) is 0 Å². The van der Waals surface area contributed by atoms with E-state index in [1.165, 1.54) is 6.08 Å². The highest BCUT2D eigenvalue weighted by atomic mass is 32.2. The third kappa shape index (κ3) is 4.18. The van der Waals surface area contributed by atoms with Crippen LogP contribution in [0.15, 0.2) is 53.2 Å². The summed E-state index contributed by atoms with van der Waals surface area (Å²) in [4.78, 5) is 5.02. The Morgan fingerprint density at radius 2 is 2.00 bits per heavy atom. The lowest BCUT2D eigenvalue weighted by atomic mass is 9.98. The number of aryl methyl sites for hydroxylation is 1. The Balaban J connectivity index is 2.37. The first-order valence-electron chi connectivity index (χ1n) is 10.1. The molecule has 2 aromatic heterocycles. The number of hydrogen-bond acceptors (Lipinski definition) is 4. The molecule has 160 valence electrons. The SMILES string of the molecule is CCS(=O)(=O)c1cccc(-c2c(C(C)C)n(C/C(F)=C/CN)c3ccc(C)nc23)c1. The fourth-order valence-corrected chi connectivity index (χ4v) is 4.67. The zero-order valence-corrected chi connectivity index (χ0v) is 18.6. The summed E-state index contributed by atoms with van der Waals surface area (Å²) >= 11 is 0. The molecule has 0 fully saturated rings. The van der Waals surface area contributed by atoms with Crippen molar-refractivity contribution in [2.75, 3.05) is 12.3 Å². The quantitative estimate of drug-likeness (QED) is 0.588. The molecule has 1 aromatic carbocycles. The molecule has 0 saturated carbocycles. The van der Waals surface area contributed by atoms with Crippen LogP contribution in [0.1, 0.15) is 38.1 Å². The molecule has 2 N–H and O–H groups in total. The van der Waals surface area contributed by atoms with E-state index in [2.05, 4.69) is 0 Å². The Morgan fingerprint density at radius 3 is 2.63 bits per heavy atom. The Kier molecular flexibility index (Phi) is 6.43. The van der Waals surface area contributed by atoms with Crippen LogP contribution < -0.4 is 5.73 Å². The number of rotatable bonds is 7. The second-order valence-corrected chi connectivity index (χ2v) is 9.92. The summed E-state index contributed by atoms with van der Waals surface area (Å²) in [5, 5.41) is 0. The first-order valence-corrected chi connectivity index (χ1v) is 11.7. The van der Waals surface area contributed by atoms with Gasteiger partial charge >= 0.3 is 0 Å². The minimum absolute atomic E-state index is 0.0295. The molecule has 30 heavy (non-hydrogen) atoms. The van der Waals surface area contributed by atoms with Crippen LogP contribution in [0.3, 0.4) is 0 Å². The number of pyridine rings is 1. The van der Waals surface area contributed by atoms with Gasteiger partial charge in [-0.1, -0.05) is 32.9 Å². The zero-order valence-electron chi connectivity index (χ0n) is 17.8. The number of aromatic nitrogens is 2. The number of allylic oxidation sites excluding steroid dienone is 1. The average molecular weight is 430 g/mol. The first kappa shape index (κ1) is 22.2. The summed E-state index contributed by atoms with van der Waals surface area (Å²) in [5.41, 5.74) is 10.4. The van der Waals surface area contributed by atoms with Crippen LogP contribution in [0.4, 0.5) is 4.39 Å². The molecule has 0 radical (unpaired) electrons. The predicted octanol–water partition coefficient (Wildman–Crippen LogP) is 4.74. The molecule has 7 heteroatoms. The molecule has 3 rings (SSSR count). The molecule has 0 amide bonds. The summed E-state index contributed by atoms with van der Waals surface area (Å²) < 4.78 is 41.3. The number of nitrogens with zero attached hydrogens (tertiary/aromatic N) is 2. The van der Waals surface area contributed by atoms with Crippen molar-refractivity contribution in [2.45, 2.75) is 45.1 Å². The third-order valence-electron chi connectivity index (χ3n) is 5.14. The highest BCUT2D eigenvalue weighted by Crippen LogP contribution is 2.39. The Morgan fingerprint density at radius 1 is 1.27 bits per heavy atom. The van der Waals surface area contributed by atoms with E-state index in [4.69, 9.17) is 10.7 Å². The van der Waals surface area contributed by atoms with Crippen LogP contribution in [-0.2, 0) is 16.4 Å². The lowest BCUT2D eigenvalue weighted by Gasteiger charge is -2.15. The standard InChI is InChI=1S/C23H28FN3O2S/c1-5-30(28,29)19-8-6-7-17(13-19)21-22-20(10-9-16(4)26-22)27(23(21)15(2)3)14-18(24)11-12-25/h6-11,13,15H,5,12,14,25H2,1-4H3/b18-11-. The van der Waals surface area contributed by atoms with Crippen molar-refractivity contribution in [3.63, 3.8) is 0 Å². The van der Waals surface area contributed by atoms with Crippen LogP contribution >= 0.6 is 0 Å². The summed E-state index contributed by atoms with van der Waals surface area (Å²) in [6.45, 7) is 7.80. The maximum Gasteiger partial charge on any atom is 0.178 e. The van der Waals surface area contributed by atoms with E-state index in [0.717, 1.165) is 33.5 Å². The highest BCUT2D eigenvalue weighted by Gasteiger charge is 2.24. The Labute approximate surface area is 177 Å². The predicted molar refractivity (Wildman–Crippen MR) is 120 cm³/mol. The van der Waals surface area contributed by atoms with Crippen LogP contribution in [-0.4, -0.2) is 30.3 Å². The molecule has 5 nitrogen and oxygen atoms in total. The van der Waals surface area contributed by atoms with Gasteiger partial charge in [0, 0.05) is 23.5 Å². The maximum atomic E-state index is 14.5. The molecular weight excluding hydrogens is 401 g/mol. The lowest BCUT2D eigenvalue weighted by Crippen LogP contribution is -2.07. The highest BCUT2D eigenvalue weighted by molar-refractivity contribution is 7.91. The van der Waals surface area contributed by atoms with Crippen molar-refractivity contribution >= 4 is 20.9 Å². The van der Waals surface area contributed by atoms with E-state index in [9.17, 15) is 12.8 Å². The molecule has 0 atom stereocenters. The molecule has 0 unspecified atom stereocenters. The summed E-state index contributed by atoms with van der Waals surface area (Å²) in [5.74, 6) is -0.223. The fraction of sp³-hybridized carbons (Fsp3) is 0.348. The normalized spacial score (nSPS) is 12.8. The van der Waals surface area contributed by atoms with Gasteiger partial charge in [0.05, 0.1) is 28.2 Å². The van der Waals surface area contributed by atoms with Crippen LogP contribution in [0.25, 0.3) is 22.2 Å². The van der Waals surface area contributed by atoms with Gasteiger partial charge in [-0.15, -0.1) is 0 Å².